The van der Waals surface area contributed by atoms with E-state index in [0.717, 1.165) is 24.1 Å². The molecule has 0 radical (unpaired) electrons. The van der Waals surface area contributed by atoms with E-state index >= 15 is 0 Å². The molecule has 0 fully saturated rings. The number of aromatic nitrogens is 2. The van der Waals surface area contributed by atoms with Crippen LogP contribution in [0.15, 0.2) is 22.6 Å². The Morgan fingerprint density at radius 3 is 2.79 bits per heavy atom. The zero-order valence-corrected chi connectivity index (χ0v) is 12.2. The van der Waals surface area contributed by atoms with E-state index in [1.807, 2.05) is 25.1 Å². The number of nitrogens with zero attached hydrogens (tertiary/aromatic N) is 2. The molecular weight excluding hydrogens is 262 g/mol. The van der Waals surface area contributed by atoms with Crippen LogP contribution < -0.4 is 5.32 Å². The molecule has 1 aromatic heterocycles. The molecule has 0 aliphatic carbocycles. The fourth-order valence-corrected chi connectivity index (χ4v) is 2.13. The summed E-state index contributed by atoms with van der Waals surface area (Å²) in [5.41, 5.74) is 1.95. The van der Waals surface area contributed by atoms with Gasteiger partial charge in [0.15, 0.2) is 0 Å². The lowest BCUT2D eigenvalue weighted by molar-refractivity contribution is 0.402. The fourth-order valence-electron chi connectivity index (χ4n) is 1.96. The Hall–Kier alpha value is -1.39. The van der Waals surface area contributed by atoms with E-state index in [0.29, 0.717) is 16.8 Å². The molecule has 0 saturated carbocycles. The van der Waals surface area contributed by atoms with Gasteiger partial charge in [-0.25, -0.2) is 0 Å². The number of hydrogen-bond acceptors (Lipinski definition) is 4. The van der Waals surface area contributed by atoms with Crippen molar-refractivity contribution < 1.29 is 4.42 Å². The van der Waals surface area contributed by atoms with Gasteiger partial charge in [0.1, 0.15) is 0 Å². The summed E-state index contributed by atoms with van der Waals surface area (Å²) >= 11 is 6.01. The molecule has 1 unspecified atom stereocenters. The van der Waals surface area contributed by atoms with Crippen molar-refractivity contribution in [2.45, 2.75) is 33.2 Å². The first-order chi connectivity index (χ1) is 9.15. The molecule has 1 aromatic carbocycles. The molecule has 1 atom stereocenters. The summed E-state index contributed by atoms with van der Waals surface area (Å²) in [6, 6.07) is 5.75. The standard InChI is InChI=1S/C14H18ClN3O/c1-4-12(16-5-2)14-18-17-13(19-14)11-8-10(15)7-6-9(11)3/h6-8,12,16H,4-5H2,1-3H3. The van der Waals surface area contributed by atoms with Gasteiger partial charge in [-0.1, -0.05) is 31.5 Å². The molecule has 1 N–H and O–H groups in total. The number of aryl methyl sites for hydroxylation is 1. The van der Waals surface area contributed by atoms with Crippen LogP contribution in [0.5, 0.6) is 0 Å². The zero-order chi connectivity index (χ0) is 13.8. The highest BCUT2D eigenvalue weighted by Gasteiger charge is 2.17. The van der Waals surface area contributed by atoms with E-state index in [2.05, 4.69) is 29.4 Å². The zero-order valence-electron chi connectivity index (χ0n) is 11.4. The maximum Gasteiger partial charge on any atom is 0.248 e. The molecule has 0 spiro atoms. The van der Waals surface area contributed by atoms with Crippen molar-refractivity contribution in [2.75, 3.05) is 6.54 Å². The average Bonchev–Trinajstić information content (AvgIpc) is 2.88. The molecule has 19 heavy (non-hydrogen) atoms. The van der Waals surface area contributed by atoms with Crippen LogP contribution in [0.3, 0.4) is 0 Å². The monoisotopic (exact) mass is 279 g/mol. The lowest BCUT2D eigenvalue weighted by Gasteiger charge is -2.10. The van der Waals surface area contributed by atoms with Gasteiger partial charge in [-0.3, -0.25) is 0 Å². The highest BCUT2D eigenvalue weighted by molar-refractivity contribution is 6.30. The first-order valence-electron chi connectivity index (χ1n) is 6.49. The van der Waals surface area contributed by atoms with Gasteiger partial charge in [-0.2, -0.15) is 0 Å². The van der Waals surface area contributed by atoms with Gasteiger partial charge >= 0.3 is 0 Å². The van der Waals surface area contributed by atoms with E-state index in [1.54, 1.807) is 0 Å². The van der Waals surface area contributed by atoms with Crippen LogP contribution in [0, 0.1) is 6.92 Å². The van der Waals surface area contributed by atoms with Gasteiger partial charge < -0.3 is 9.73 Å². The van der Waals surface area contributed by atoms with Crippen molar-refractivity contribution >= 4 is 11.6 Å². The van der Waals surface area contributed by atoms with Gasteiger partial charge in [-0.05, 0) is 37.6 Å². The van der Waals surface area contributed by atoms with Gasteiger partial charge in [-0.15, -0.1) is 10.2 Å². The van der Waals surface area contributed by atoms with Crippen LogP contribution in [0.2, 0.25) is 5.02 Å². The number of benzene rings is 1. The summed E-state index contributed by atoms with van der Waals surface area (Å²) in [5, 5.41) is 12.2. The van der Waals surface area contributed by atoms with Crippen LogP contribution in [0.4, 0.5) is 0 Å². The lowest BCUT2D eigenvalue weighted by Crippen LogP contribution is -2.20. The second-order valence-electron chi connectivity index (χ2n) is 4.42. The summed E-state index contributed by atoms with van der Waals surface area (Å²) in [7, 11) is 0. The molecule has 0 bridgehead atoms. The molecule has 4 nitrogen and oxygen atoms in total. The molecule has 0 aliphatic rings. The molecule has 0 aliphatic heterocycles. The first-order valence-corrected chi connectivity index (χ1v) is 6.86. The maximum atomic E-state index is 6.01. The van der Waals surface area contributed by atoms with E-state index in [9.17, 15) is 0 Å². The Morgan fingerprint density at radius 1 is 1.32 bits per heavy atom. The molecule has 1 heterocycles. The van der Waals surface area contributed by atoms with Gasteiger partial charge in [0.05, 0.1) is 6.04 Å². The Morgan fingerprint density at radius 2 is 2.11 bits per heavy atom. The molecule has 0 saturated heterocycles. The van der Waals surface area contributed by atoms with E-state index in [-0.39, 0.29) is 6.04 Å². The smallest absolute Gasteiger partial charge is 0.248 e. The molecule has 2 aromatic rings. The van der Waals surface area contributed by atoms with Crippen molar-refractivity contribution in [2.24, 2.45) is 0 Å². The normalized spacial score (nSPS) is 12.6. The highest BCUT2D eigenvalue weighted by atomic mass is 35.5. The van der Waals surface area contributed by atoms with Crippen molar-refractivity contribution in [1.82, 2.24) is 15.5 Å². The highest BCUT2D eigenvalue weighted by Crippen LogP contribution is 2.27. The number of rotatable bonds is 5. The summed E-state index contributed by atoms with van der Waals surface area (Å²) < 4.78 is 5.77. The summed E-state index contributed by atoms with van der Waals surface area (Å²) in [6.45, 7) is 7.01. The minimum Gasteiger partial charge on any atom is -0.419 e. The number of nitrogens with one attached hydrogen (secondary N) is 1. The van der Waals surface area contributed by atoms with Crippen LogP contribution in [-0.4, -0.2) is 16.7 Å². The Kier molecular flexibility index (Phi) is 4.56. The van der Waals surface area contributed by atoms with Gasteiger partial charge in [0.25, 0.3) is 0 Å². The van der Waals surface area contributed by atoms with Gasteiger partial charge in [0, 0.05) is 10.6 Å². The topological polar surface area (TPSA) is 51.0 Å². The van der Waals surface area contributed by atoms with E-state index < -0.39 is 0 Å². The summed E-state index contributed by atoms with van der Waals surface area (Å²) in [5.74, 6) is 1.14. The van der Waals surface area contributed by atoms with Gasteiger partial charge in [0.2, 0.25) is 11.8 Å². The minimum absolute atomic E-state index is 0.103. The van der Waals surface area contributed by atoms with Crippen LogP contribution in [0.1, 0.15) is 37.8 Å². The molecule has 102 valence electrons. The van der Waals surface area contributed by atoms with E-state index in [1.165, 1.54) is 0 Å². The Labute approximate surface area is 118 Å². The third kappa shape index (κ3) is 3.14. The Bertz CT molecular complexity index is 553. The van der Waals surface area contributed by atoms with Crippen LogP contribution >= 0.6 is 11.6 Å². The third-order valence-corrected chi connectivity index (χ3v) is 3.26. The second kappa shape index (κ2) is 6.17. The molecule has 5 heteroatoms. The summed E-state index contributed by atoms with van der Waals surface area (Å²) in [6.07, 6.45) is 0.907. The van der Waals surface area contributed by atoms with Crippen LogP contribution in [-0.2, 0) is 0 Å². The summed E-state index contributed by atoms with van der Waals surface area (Å²) in [4.78, 5) is 0. The molecule has 0 amide bonds. The number of halogens is 1. The number of hydrogen-bond donors (Lipinski definition) is 1. The molecule has 2 rings (SSSR count). The van der Waals surface area contributed by atoms with Crippen LogP contribution in [0.25, 0.3) is 11.5 Å². The maximum absolute atomic E-state index is 6.01. The average molecular weight is 280 g/mol. The SMILES string of the molecule is CCNC(CC)c1nnc(-c2cc(Cl)ccc2C)o1. The predicted molar refractivity (Wildman–Crippen MR) is 76.2 cm³/mol. The quantitative estimate of drug-likeness (QED) is 0.905. The second-order valence-corrected chi connectivity index (χ2v) is 4.86. The van der Waals surface area contributed by atoms with Crippen molar-refractivity contribution in [1.29, 1.82) is 0 Å². The fraction of sp³-hybridized carbons (Fsp3) is 0.429. The van der Waals surface area contributed by atoms with Crippen molar-refractivity contribution in [3.05, 3.63) is 34.7 Å². The molecular formula is C14H18ClN3O. The van der Waals surface area contributed by atoms with Crippen molar-refractivity contribution in [3.8, 4) is 11.5 Å². The Balaban J connectivity index is 2.32. The van der Waals surface area contributed by atoms with Crippen molar-refractivity contribution in [3.63, 3.8) is 0 Å². The third-order valence-electron chi connectivity index (χ3n) is 3.03. The first kappa shape index (κ1) is 14.0. The van der Waals surface area contributed by atoms with E-state index in [4.69, 9.17) is 16.0 Å². The largest absolute Gasteiger partial charge is 0.419 e. The minimum atomic E-state index is 0.103. The lowest BCUT2D eigenvalue weighted by atomic mass is 10.1. The predicted octanol–water partition coefficient (Wildman–Crippen LogP) is 3.76.